The average molecular weight is 296 g/mol. The standard InChI is InChI=1S/C16H28N2O3/c1-11(2)13-5-3-4-6-14(13)17-16(21)18-8-7-12(10-18)9-15(19)20/h11-14H,3-10H2,1-2H3,(H,17,21)(H,19,20). The van der Waals surface area contributed by atoms with Crippen LogP contribution in [0.4, 0.5) is 4.79 Å². The topological polar surface area (TPSA) is 69.6 Å². The van der Waals surface area contributed by atoms with Crippen molar-refractivity contribution in [3.05, 3.63) is 0 Å². The van der Waals surface area contributed by atoms with Crippen molar-refractivity contribution in [3.8, 4) is 0 Å². The van der Waals surface area contributed by atoms with Crippen molar-refractivity contribution in [2.24, 2.45) is 17.8 Å². The third-order valence-corrected chi connectivity index (χ3v) is 5.02. The number of hydrogen-bond donors (Lipinski definition) is 2. The molecule has 0 spiro atoms. The van der Waals surface area contributed by atoms with Gasteiger partial charge in [0, 0.05) is 25.6 Å². The second-order valence-electron chi connectivity index (χ2n) is 6.95. The molecule has 2 amide bonds. The van der Waals surface area contributed by atoms with Gasteiger partial charge in [-0.1, -0.05) is 26.7 Å². The van der Waals surface area contributed by atoms with Crippen molar-refractivity contribution in [1.82, 2.24) is 10.2 Å². The first-order chi connectivity index (χ1) is 9.97. The zero-order chi connectivity index (χ0) is 15.4. The van der Waals surface area contributed by atoms with E-state index in [0.29, 0.717) is 24.9 Å². The molecule has 1 heterocycles. The Kier molecular flexibility index (Phi) is 5.48. The lowest BCUT2D eigenvalue weighted by molar-refractivity contribution is -0.138. The van der Waals surface area contributed by atoms with Gasteiger partial charge in [0.05, 0.1) is 0 Å². The Labute approximate surface area is 127 Å². The van der Waals surface area contributed by atoms with Gasteiger partial charge in [-0.3, -0.25) is 4.79 Å². The number of carboxylic acid groups (broad SMARTS) is 1. The van der Waals surface area contributed by atoms with Crippen LogP contribution in [0.2, 0.25) is 0 Å². The molecule has 0 aromatic carbocycles. The highest BCUT2D eigenvalue weighted by Crippen LogP contribution is 2.30. The molecule has 2 aliphatic rings. The molecule has 5 heteroatoms. The van der Waals surface area contributed by atoms with Gasteiger partial charge in [0.15, 0.2) is 0 Å². The van der Waals surface area contributed by atoms with Gasteiger partial charge in [0.25, 0.3) is 0 Å². The Morgan fingerprint density at radius 2 is 1.95 bits per heavy atom. The molecule has 0 radical (unpaired) electrons. The van der Waals surface area contributed by atoms with Gasteiger partial charge in [0.1, 0.15) is 0 Å². The molecule has 5 nitrogen and oxygen atoms in total. The summed E-state index contributed by atoms with van der Waals surface area (Å²) < 4.78 is 0. The molecular weight excluding hydrogens is 268 g/mol. The lowest BCUT2D eigenvalue weighted by atomic mass is 9.78. The Morgan fingerprint density at radius 3 is 2.62 bits per heavy atom. The Balaban J connectivity index is 1.85. The average Bonchev–Trinajstić information content (AvgIpc) is 2.86. The van der Waals surface area contributed by atoms with E-state index in [9.17, 15) is 9.59 Å². The maximum atomic E-state index is 12.4. The Hall–Kier alpha value is -1.26. The number of nitrogens with zero attached hydrogens (tertiary/aromatic N) is 1. The molecule has 1 saturated carbocycles. The van der Waals surface area contributed by atoms with Crippen LogP contribution in [-0.2, 0) is 4.79 Å². The maximum absolute atomic E-state index is 12.4. The van der Waals surface area contributed by atoms with Crippen LogP contribution in [0.25, 0.3) is 0 Å². The number of rotatable bonds is 4. The summed E-state index contributed by atoms with van der Waals surface area (Å²) in [6, 6.07) is 0.283. The molecule has 21 heavy (non-hydrogen) atoms. The van der Waals surface area contributed by atoms with Gasteiger partial charge < -0.3 is 15.3 Å². The predicted molar refractivity (Wildman–Crippen MR) is 81.0 cm³/mol. The van der Waals surface area contributed by atoms with Crippen LogP contribution in [-0.4, -0.2) is 41.1 Å². The number of urea groups is 1. The van der Waals surface area contributed by atoms with Crippen molar-refractivity contribution in [3.63, 3.8) is 0 Å². The largest absolute Gasteiger partial charge is 0.481 e. The number of aliphatic carboxylic acids is 1. The highest BCUT2D eigenvalue weighted by atomic mass is 16.4. The Morgan fingerprint density at radius 1 is 1.24 bits per heavy atom. The van der Waals surface area contributed by atoms with Crippen LogP contribution in [0.5, 0.6) is 0 Å². The number of nitrogens with one attached hydrogen (secondary N) is 1. The first kappa shape index (κ1) is 16.1. The zero-order valence-electron chi connectivity index (χ0n) is 13.2. The quantitative estimate of drug-likeness (QED) is 0.838. The zero-order valence-corrected chi connectivity index (χ0v) is 13.2. The van der Waals surface area contributed by atoms with E-state index in [-0.39, 0.29) is 24.4 Å². The first-order valence-electron chi connectivity index (χ1n) is 8.24. The molecule has 3 unspecified atom stereocenters. The minimum absolute atomic E-state index is 0.000406. The smallest absolute Gasteiger partial charge is 0.317 e. The second-order valence-corrected chi connectivity index (χ2v) is 6.95. The summed E-state index contributed by atoms with van der Waals surface area (Å²) >= 11 is 0. The molecule has 3 atom stereocenters. The number of carbonyl (C=O) groups excluding carboxylic acids is 1. The van der Waals surface area contributed by atoms with E-state index in [2.05, 4.69) is 19.2 Å². The fourth-order valence-electron chi connectivity index (χ4n) is 3.82. The molecule has 2 rings (SSSR count). The van der Waals surface area contributed by atoms with Crippen LogP contribution in [0.1, 0.15) is 52.4 Å². The van der Waals surface area contributed by atoms with Crippen LogP contribution < -0.4 is 5.32 Å². The van der Waals surface area contributed by atoms with E-state index < -0.39 is 5.97 Å². The number of amides is 2. The van der Waals surface area contributed by atoms with E-state index in [1.54, 1.807) is 4.90 Å². The van der Waals surface area contributed by atoms with Gasteiger partial charge in [-0.2, -0.15) is 0 Å². The molecule has 0 aromatic heterocycles. The van der Waals surface area contributed by atoms with Crippen LogP contribution in [0, 0.1) is 17.8 Å². The highest BCUT2D eigenvalue weighted by Gasteiger charge is 2.32. The van der Waals surface area contributed by atoms with Gasteiger partial charge in [-0.05, 0) is 37.0 Å². The van der Waals surface area contributed by atoms with Crippen LogP contribution >= 0.6 is 0 Å². The van der Waals surface area contributed by atoms with Crippen molar-refractivity contribution in [1.29, 1.82) is 0 Å². The van der Waals surface area contributed by atoms with Gasteiger partial charge in [0.2, 0.25) is 0 Å². The van der Waals surface area contributed by atoms with Crippen molar-refractivity contribution < 1.29 is 14.7 Å². The molecule has 1 aliphatic carbocycles. The second kappa shape index (κ2) is 7.14. The summed E-state index contributed by atoms with van der Waals surface area (Å²) in [5.41, 5.74) is 0. The summed E-state index contributed by atoms with van der Waals surface area (Å²) in [5.74, 6) is 0.504. The molecule has 0 aromatic rings. The van der Waals surface area contributed by atoms with E-state index in [0.717, 1.165) is 12.8 Å². The SMILES string of the molecule is CC(C)C1CCCCC1NC(=O)N1CCC(CC(=O)O)C1. The number of carboxylic acids is 1. The third-order valence-electron chi connectivity index (χ3n) is 5.02. The van der Waals surface area contributed by atoms with Gasteiger partial charge >= 0.3 is 12.0 Å². The van der Waals surface area contributed by atoms with E-state index in [1.807, 2.05) is 0 Å². The normalized spacial score (nSPS) is 29.7. The number of hydrogen-bond acceptors (Lipinski definition) is 2. The van der Waals surface area contributed by atoms with E-state index in [1.165, 1.54) is 19.3 Å². The fraction of sp³-hybridized carbons (Fsp3) is 0.875. The Bertz CT molecular complexity index is 384. The molecule has 1 saturated heterocycles. The minimum Gasteiger partial charge on any atom is -0.481 e. The van der Waals surface area contributed by atoms with E-state index >= 15 is 0 Å². The lowest BCUT2D eigenvalue weighted by Gasteiger charge is -2.35. The fourth-order valence-corrected chi connectivity index (χ4v) is 3.82. The van der Waals surface area contributed by atoms with E-state index in [4.69, 9.17) is 5.11 Å². The summed E-state index contributed by atoms with van der Waals surface area (Å²) in [4.78, 5) is 24.9. The number of carbonyl (C=O) groups is 2. The van der Waals surface area contributed by atoms with Crippen LogP contribution in [0.15, 0.2) is 0 Å². The monoisotopic (exact) mass is 296 g/mol. The lowest BCUT2D eigenvalue weighted by Crippen LogP contribution is -2.49. The summed E-state index contributed by atoms with van der Waals surface area (Å²) in [7, 11) is 0. The maximum Gasteiger partial charge on any atom is 0.317 e. The van der Waals surface area contributed by atoms with Crippen molar-refractivity contribution >= 4 is 12.0 Å². The summed E-state index contributed by atoms with van der Waals surface area (Å²) in [6.07, 6.45) is 5.69. The molecule has 2 N–H and O–H groups in total. The molecule has 0 bridgehead atoms. The molecule has 1 aliphatic heterocycles. The van der Waals surface area contributed by atoms with Crippen LogP contribution in [0.3, 0.4) is 0 Å². The number of likely N-dealkylation sites (tertiary alicyclic amines) is 1. The van der Waals surface area contributed by atoms with Crippen molar-refractivity contribution in [2.45, 2.75) is 58.4 Å². The first-order valence-corrected chi connectivity index (χ1v) is 8.24. The predicted octanol–water partition coefficient (Wildman–Crippen LogP) is 2.71. The molecule has 120 valence electrons. The minimum atomic E-state index is -0.769. The van der Waals surface area contributed by atoms with Crippen molar-refractivity contribution in [2.75, 3.05) is 13.1 Å². The van der Waals surface area contributed by atoms with Gasteiger partial charge in [-0.25, -0.2) is 4.79 Å². The van der Waals surface area contributed by atoms with Gasteiger partial charge in [-0.15, -0.1) is 0 Å². The molecule has 2 fully saturated rings. The molecular formula is C16H28N2O3. The third kappa shape index (κ3) is 4.35. The highest BCUT2D eigenvalue weighted by molar-refractivity contribution is 5.75. The summed E-state index contributed by atoms with van der Waals surface area (Å²) in [6.45, 7) is 5.72. The summed E-state index contributed by atoms with van der Waals surface area (Å²) in [5, 5.41) is 12.0.